The van der Waals surface area contributed by atoms with Gasteiger partial charge in [-0.3, -0.25) is 9.59 Å². The van der Waals surface area contributed by atoms with E-state index in [4.69, 9.17) is 4.74 Å². The number of esters is 1. The van der Waals surface area contributed by atoms with E-state index < -0.39 is 0 Å². The Morgan fingerprint density at radius 1 is 1.00 bits per heavy atom. The lowest BCUT2D eigenvalue weighted by Gasteiger charge is -2.17. The SMILES string of the molecule is CCCCC(CC)C(=O)OC1=C(c2c(C)cc(C)cc2C)C(=O)c2ccccc21. The molecule has 1 aliphatic carbocycles. The highest BCUT2D eigenvalue weighted by Crippen LogP contribution is 2.41. The molecule has 3 nitrogen and oxygen atoms in total. The Kier molecular flexibility index (Phi) is 6.36. The molecule has 2 aromatic carbocycles. The lowest BCUT2D eigenvalue weighted by Crippen LogP contribution is -2.17. The number of rotatable bonds is 7. The number of unbranched alkanes of at least 4 members (excludes halogenated alkanes) is 1. The molecule has 0 saturated heterocycles. The second-order valence-corrected chi connectivity index (χ2v) is 8.02. The molecule has 0 amide bonds. The van der Waals surface area contributed by atoms with Gasteiger partial charge in [-0.15, -0.1) is 0 Å². The Morgan fingerprint density at radius 2 is 1.62 bits per heavy atom. The van der Waals surface area contributed by atoms with Gasteiger partial charge in [0.05, 0.1) is 11.5 Å². The van der Waals surface area contributed by atoms with E-state index in [1.54, 1.807) is 0 Å². The maximum Gasteiger partial charge on any atom is 0.314 e. The van der Waals surface area contributed by atoms with Crippen molar-refractivity contribution >= 4 is 23.1 Å². The van der Waals surface area contributed by atoms with Crippen molar-refractivity contribution < 1.29 is 14.3 Å². The number of hydrogen-bond donors (Lipinski definition) is 0. The van der Waals surface area contributed by atoms with Gasteiger partial charge in [0.1, 0.15) is 0 Å². The Morgan fingerprint density at radius 3 is 2.21 bits per heavy atom. The molecular weight excluding hydrogens is 360 g/mol. The molecule has 0 saturated carbocycles. The first kappa shape index (κ1) is 21.0. The fourth-order valence-electron chi connectivity index (χ4n) is 4.28. The standard InChI is InChI=1S/C26H30O3/c1-6-8-11-19(7-2)26(28)29-25-21-13-10-9-12-20(21)24(27)23(25)22-17(4)14-16(3)15-18(22)5/h9-10,12-15,19H,6-8,11H2,1-5H3. The van der Waals surface area contributed by atoms with Gasteiger partial charge in [-0.1, -0.05) is 68.7 Å². The molecule has 0 radical (unpaired) electrons. The molecule has 0 aliphatic heterocycles. The van der Waals surface area contributed by atoms with Crippen LogP contribution in [0.1, 0.15) is 77.7 Å². The minimum atomic E-state index is -0.236. The predicted molar refractivity (Wildman–Crippen MR) is 118 cm³/mol. The van der Waals surface area contributed by atoms with Crippen molar-refractivity contribution in [2.75, 3.05) is 0 Å². The second-order valence-electron chi connectivity index (χ2n) is 8.02. The number of benzene rings is 2. The van der Waals surface area contributed by atoms with E-state index >= 15 is 0 Å². The third kappa shape index (κ3) is 4.05. The van der Waals surface area contributed by atoms with Gasteiger partial charge in [-0.05, 0) is 50.3 Å². The molecule has 1 unspecified atom stereocenters. The summed E-state index contributed by atoms with van der Waals surface area (Å²) in [6, 6.07) is 11.6. The summed E-state index contributed by atoms with van der Waals surface area (Å²) in [7, 11) is 0. The fraction of sp³-hybridized carbons (Fsp3) is 0.385. The molecule has 0 fully saturated rings. The topological polar surface area (TPSA) is 43.4 Å². The minimum absolute atomic E-state index is 0.0694. The van der Waals surface area contributed by atoms with Gasteiger partial charge in [0, 0.05) is 11.1 Å². The first-order chi connectivity index (χ1) is 13.9. The number of Topliss-reactive ketones (excluding diaryl/α,β-unsaturated/α-hetero) is 1. The Balaban J connectivity index is 2.12. The zero-order chi connectivity index (χ0) is 21.1. The number of ketones is 1. The summed E-state index contributed by atoms with van der Waals surface area (Å²) in [5.74, 6) is -0.0344. The Bertz CT molecular complexity index is 958. The average molecular weight is 391 g/mol. The smallest absolute Gasteiger partial charge is 0.314 e. The monoisotopic (exact) mass is 390 g/mol. The molecule has 29 heavy (non-hydrogen) atoms. The molecule has 3 heteroatoms. The largest absolute Gasteiger partial charge is 0.425 e. The van der Waals surface area contributed by atoms with Gasteiger partial charge >= 0.3 is 5.97 Å². The van der Waals surface area contributed by atoms with E-state index in [1.807, 2.05) is 52.0 Å². The summed E-state index contributed by atoms with van der Waals surface area (Å²) in [6.45, 7) is 10.2. The highest BCUT2D eigenvalue weighted by molar-refractivity contribution is 6.39. The Labute approximate surface area is 173 Å². The molecule has 1 aliphatic rings. The first-order valence-electron chi connectivity index (χ1n) is 10.6. The van der Waals surface area contributed by atoms with Gasteiger partial charge in [0.15, 0.2) is 11.5 Å². The number of carbonyl (C=O) groups is 2. The van der Waals surface area contributed by atoms with Crippen LogP contribution in [0.2, 0.25) is 0 Å². The summed E-state index contributed by atoms with van der Waals surface area (Å²) in [5, 5.41) is 0. The highest BCUT2D eigenvalue weighted by Gasteiger charge is 2.35. The molecule has 2 aromatic rings. The number of ether oxygens (including phenoxy) is 1. The zero-order valence-electron chi connectivity index (χ0n) is 18.1. The number of fused-ring (bicyclic) bond motifs is 1. The van der Waals surface area contributed by atoms with Gasteiger partial charge in [-0.25, -0.2) is 0 Å². The molecule has 152 valence electrons. The quantitative estimate of drug-likeness (QED) is 0.511. The number of aryl methyl sites for hydroxylation is 3. The summed E-state index contributed by atoms with van der Waals surface area (Å²) in [4.78, 5) is 26.3. The normalized spacial score (nSPS) is 14.2. The van der Waals surface area contributed by atoms with Crippen molar-refractivity contribution in [3.8, 4) is 0 Å². The highest BCUT2D eigenvalue weighted by atomic mass is 16.5. The van der Waals surface area contributed by atoms with E-state index in [1.165, 1.54) is 0 Å². The van der Waals surface area contributed by atoms with Crippen molar-refractivity contribution in [2.45, 2.75) is 60.3 Å². The maximum atomic E-state index is 13.3. The molecule has 1 atom stereocenters. The summed E-state index contributed by atoms with van der Waals surface area (Å²) >= 11 is 0. The third-order valence-corrected chi connectivity index (χ3v) is 5.73. The van der Waals surface area contributed by atoms with Crippen LogP contribution in [-0.2, 0) is 9.53 Å². The van der Waals surface area contributed by atoms with Crippen LogP contribution in [0.25, 0.3) is 11.3 Å². The van der Waals surface area contributed by atoms with Gasteiger partial charge in [-0.2, -0.15) is 0 Å². The van der Waals surface area contributed by atoms with Crippen LogP contribution in [0, 0.1) is 26.7 Å². The maximum absolute atomic E-state index is 13.3. The van der Waals surface area contributed by atoms with Crippen molar-refractivity contribution in [2.24, 2.45) is 5.92 Å². The average Bonchev–Trinajstić information content (AvgIpc) is 2.94. The van der Waals surface area contributed by atoms with Crippen molar-refractivity contribution in [3.63, 3.8) is 0 Å². The van der Waals surface area contributed by atoms with E-state index in [0.29, 0.717) is 22.5 Å². The Hall–Kier alpha value is -2.68. The third-order valence-electron chi connectivity index (χ3n) is 5.73. The van der Waals surface area contributed by atoms with Gasteiger partial charge < -0.3 is 4.74 Å². The molecular formula is C26H30O3. The number of hydrogen-bond acceptors (Lipinski definition) is 3. The lowest BCUT2D eigenvalue weighted by molar-refractivity contribution is -0.141. The van der Waals surface area contributed by atoms with Gasteiger partial charge in [0.2, 0.25) is 0 Å². The van der Waals surface area contributed by atoms with Crippen LogP contribution in [0.4, 0.5) is 0 Å². The molecule has 0 aromatic heterocycles. The van der Waals surface area contributed by atoms with Crippen molar-refractivity contribution in [3.05, 3.63) is 69.8 Å². The van der Waals surface area contributed by atoms with Crippen LogP contribution in [0.5, 0.6) is 0 Å². The summed E-state index contributed by atoms with van der Waals surface area (Å²) in [6.07, 6.45) is 3.58. The molecule has 3 rings (SSSR count). The van der Waals surface area contributed by atoms with Crippen LogP contribution < -0.4 is 0 Å². The fourth-order valence-corrected chi connectivity index (χ4v) is 4.28. The van der Waals surface area contributed by atoms with Crippen LogP contribution >= 0.6 is 0 Å². The number of carbonyl (C=O) groups excluding carboxylic acids is 2. The summed E-state index contributed by atoms with van der Waals surface area (Å²) < 4.78 is 5.99. The molecule has 0 heterocycles. The number of allylic oxidation sites excluding steroid dienone is 1. The minimum Gasteiger partial charge on any atom is -0.425 e. The second kappa shape index (κ2) is 8.77. The van der Waals surface area contributed by atoms with Crippen LogP contribution in [0.15, 0.2) is 36.4 Å². The first-order valence-corrected chi connectivity index (χ1v) is 10.6. The van der Waals surface area contributed by atoms with E-state index in [0.717, 1.165) is 47.9 Å². The van der Waals surface area contributed by atoms with E-state index in [2.05, 4.69) is 19.1 Å². The van der Waals surface area contributed by atoms with Crippen LogP contribution in [0.3, 0.4) is 0 Å². The summed E-state index contributed by atoms with van der Waals surface area (Å²) in [5.41, 5.74) is 5.89. The van der Waals surface area contributed by atoms with Crippen molar-refractivity contribution in [1.82, 2.24) is 0 Å². The molecule has 0 bridgehead atoms. The zero-order valence-corrected chi connectivity index (χ0v) is 18.1. The van der Waals surface area contributed by atoms with Crippen LogP contribution in [-0.4, -0.2) is 11.8 Å². The molecule has 0 spiro atoms. The van der Waals surface area contributed by atoms with Crippen molar-refractivity contribution in [1.29, 1.82) is 0 Å². The predicted octanol–water partition coefficient (Wildman–Crippen LogP) is 6.44. The molecule has 0 N–H and O–H groups in total. The van der Waals surface area contributed by atoms with Gasteiger partial charge in [0.25, 0.3) is 0 Å². The van der Waals surface area contributed by atoms with E-state index in [9.17, 15) is 9.59 Å². The van der Waals surface area contributed by atoms with E-state index in [-0.39, 0.29) is 17.7 Å². The lowest BCUT2D eigenvalue weighted by atomic mass is 9.91.